The van der Waals surface area contributed by atoms with Crippen molar-refractivity contribution in [2.24, 2.45) is 0 Å². The van der Waals surface area contributed by atoms with Gasteiger partial charge in [-0.2, -0.15) is 8.78 Å². The number of benzene rings is 1. The largest absolute Gasteiger partial charge is 0.334 e. The van der Waals surface area contributed by atoms with Crippen LogP contribution in [-0.4, -0.2) is 27.4 Å². The van der Waals surface area contributed by atoms with Gasteiger partial charge in [0, 0.05) is 19.4 Å². The van der Waals surface area contributed by atoms with Gasteiger partial charge < -0.3 is 4.90 Å². The monoisotopic (exact) mass is 317 g/mol. The summed E-state index contributed by atoms with van der Waals surface area (Å²) in [5.74, 6) is -1.03. The fourth-order valence-electron chi connectivity index (χ4n) is 1.80. The number of alkyl halides is 2. The predicted molar refractivity (Wildman–Crippen MR) is 70.7 cm³/mol. The minimum Gasteiger partial charge on any atom is -0.334 e. The molecule has 1 aromatic heterocycles. The van der Waals surface area contributed by atoms with Crippen LogP contribution in [0.15, 0.2) is 30.6 Å². The molecule has 21 heavy (non-hydrogen) atoms. The molecule has 4 nitrogen and oxygen atoms in total. The summed E-state index contributed by atoms with van der Waals surface area (Å²) in [6.07, 6.45) is 2.36. The van der Waals surface area contributed by atoms with Crippen molar-refractivity contribution in [2.45, 2.75) is 13.1 Å². The van der Waals surface area contributed by atoms with Crippen LogP contribution in [0.3, 0.4) is 0 Å². The van der Waals surface area contributed by atoms with E-state index in [0.717, 1.165) is 18.3 Å². The zero-order chi connectivity index (χ0) is 15.6. The lowest BCUT2D eigenvalue weighted by Crippen LogP contribution is -2.28. The summed E-state index contributed by atoms with van der Waals surface area (Å²) in [5, 5.41) is -0.0379. The molecule has 1 amide bonds. The zero-order valence-corrected chi connectivity index (χ0v) is 11.7. The molecule has 112 valence electrons. The molecule has 0 bridgehead atoms. The topological polar surface area (TPSA) is 38.1 Å². The predicted octanol–water partition coefficient (Wildman–Crippen LogP) is 3.34. The van der Waals surface area contributed by atoms with Crippen LogP contribution in [0.25, 0.3) is 0 Å². The molecule has 0 saturated heterocycles. The molecular formula is C13H11ClF3N3O. The molecule has 8 heteroatoms. The Hall–Kier alpha value is -2.02. The minimum atomic E-state index is -2.74. The second kappa shape index (κ2) is 6.17. The molecule has 0 spiro atoms. The van der Waals surface area contributed by atoms with E-state index in [1.54, 1.807) is 0 Å². The summed E-state index contributed by atoms with van der Waals surface area (Å²) < 4.78 is 39.0. The maximum Gasteiger partial charge on any atom is 0.319 e. The Balaban J connectivity index is 2.18. The Bertz CT molecular complexity index is 660. The number of halogens is 4. The highest BCUT2D eigenvalue weighted by Crippen LogP contribution is 2.20. The van der Waals surface area contributed by atoms with Gasteiger partial charge in [0.2, 0.25) is 0 Å². The van der Waals surface area contributed by atoms with Crippen LogP contribution in [0, 0.1) is 5.82 Å². The number of imidazole rings is 1. The van der Waals surface area contributed by atoms with E-state index in [9.17, 15) is 18.0 Å². The van der Waals surface area contributed by atoms with Gasteiger partial charge in [0.25, 0.3) is 5.91 Å². The first-order valence-electron chi connectivity index (χ1n) is 5.90. The van der Waals surface area contributed by atoms with E-state index in [1.807, 2.05) is 0 Å². The van der Waals surface area contributed by atoms with Gasteiger partial charge in [0.15, 0.2) is 0 Å². The van der Waals surface area contributed by atoms with Crippen LogP contribution < -0.4 is 0 Å². The molecule has 0 fully saturated rings. The molecule has 0 N–H and O–H groups in total. The van der Waals surface area contributed by atoms with Crippen LogP contribution in [0.5, 0.6) is 0 Å². The molecule has 1 heterocycles. The average Bonchev–Trinajstić information content (AvgIpc) is 2.86. The van der Waals surface area contributed by atoms with E-state index in [-0.39, 0.29) is 23.0 Å². The summed E-state index contributed by atoms with van der Waals surface area (Å²) in [6, 6.07) is 3.37. The number of amides is 1. The number of hydrogen-bond acceptors (Lipinski definition) is 2. The molecule has 0 aliphatic rings. The molecule has 0 aliphatic carbocycles. The first kappa shape index (κ1) is 15.4. The number of carbonyl (C=O) groups is 1. The maximum absolute atomic E-state index is 13.0. The van der Waals surface area contributed by atoms with Crippen molar-refractivity contribution in [3.63, 3.8) is 0 Å². The third kappa shape index (κ3) is 3.36. The molecular weight excluding hydrogens is 307 g/mol. The third-order valence-corrected chi connectivity index (χ3v) is 3.16. The zero-order valence-electron chi connectivity index (χ0n) is 10.9. The lowest BCUT2D eigenvalue weighted by molar-refractivity contribution is 0.0612. The first-order chi connectivity index (χ1) is 9.90. The van der Waals surface area contributed by atoms with Crippen molar-refractivity contribution in [1.29, 1.82) is 0 Å². The van der Waals surface area contributed by atoms with E-state index in [0.29, 0.717) is 4.57 Å². The average molecular weight is 318 g/mol. The Morgan fingerprint density at radius 1 is 1.48 bits per heavy atom. The molecule has 0 unspecified atom stereocenters. The van der Waals surface area contributed by atoms with Crippen molar-refractivity contribution in [1.82, 2.24) is 14.5 Å². The van der Waals surface area contributed by atoms with Crippen LogP contribution >= 0.6 is 11.6 Å². The second-order valence-electron chi connectivity index (χ2n) is 4.31. The Morgan fingerprint density at radius 3 is 2.81 bits per heavy atom. The van der Waals surface area contributed by atoms with Crippen molar-refractivity contribution in [2.75, 3.05) is 7.05 Å². The van der Waals surface area contributed by atoms with Crippen LogP contribution in [0.2, 0.25) is 5.02 Å². The van der Waals surface area contributed by atoms with E-state index in [1.165, 1.54) is 24.2 Å². The Labute approximate surface area is 123 Å². The maximum atomic E-state index is 13.0. The number of nitrogens with zero attached hydrogens (tertiary/aromatic N) is 3. The molecule has 0 saturated carbocycles. The summed E-state index contributed by atoms with van der Waals surface area (Å²) in [5.41, 5.74) is 0.0933. The summed E-state index contributed by atoms with van der Waals surface area (Å²) in [7, 11) is 1.42. The first-order valence-corrected chi connectivity index (χ1v) is 6.28. The fourth-order valence-corrected chi connectivity index (χ4v) is 2.04. The van der Waals surface area contributed by atoms with E-state index in [2.05, 4.69) is 4.98 Å². The summed E-state index contributed by atoms with van der Waals surface area (Å²) in [6.45, 7) is -2.86. The van der Waals surface area contributed by atoms with Gasteiger partial charge in [-0.05, 0) is 18.2 Å². The van der Waals surface area contributed by atoms with Gasteiger partial charge in [-0.3, -0.25) is 9.36 Å². The van der Waals surface area contributed by atoms with E-state index < -0.39 is 18.3 Å². The van der Waals surface area contributed by atoms with Crippen molar-refractivity contribution >= 4 is 17.5 Å². The molecule has 0 radical (unpaired) electrons. The molecule has 1 aromatic carbocycles. The third-order valence-electron chi connectivity index (χ3n) is 2.85. The Morgan fingerprint density at radius 2 is 2.19 bits per heavy atom. The number of aromatic nitrogens is 2. The van der Waals surface area contributed by atoms with Gasteiger partial charge in [0.05, 0.1) is 17.1 Å². The van der Waals surface area contributed by atoms with Gasteiger partial charge in [0.1, 0.15) is 11.6 Å². The smallest absolute Gasteiger partial charge is 0.319 e. The quantitative estimate of drug-likeness (QED) is 0.867. The summed E-state index contributed by atoms with van der Waals surface area (Å²) >= 11 is 5.80. The number of hydrogen-bond donors (Lipinski definition) is 0. The van der Waals surface area contributed by atoms with Crippen molar-refractivity contribution in [3.8, 4) is 0 Å². The van der Waals surface area contributed by atoms with Crippen molar-refractivity contribution < 1.29 is 18.0 Å². The fraction of sp³-hybridized carbons (Fsp3) is 0.231. The number of rotatable bonds is 4. The minimum absolute atomic E-state index is 0.0379. The summed E-state index contributed by atoms with van der Waals surface area (Å²) in [4.78, 5) is 17.1. The van der Waals surface area contributed by atoms with Gasteiger partial charge in [-0.1, -0.05) is 11.6 Å². The van der Waals surface area contributed by atoms with Gasteiger partial charge in [-0.15, -0.1) is 0 Å². The van der Waals surface area contributed by atoms with Crippen molar-refractivity contribution in [3.05, 3.63) is 52.8 Å². The normalized spacial score (nSPS) is 11.0. The lowest BCUT2D eigenvalue weighted by atomic mass is 10.2. The molecule has 2 aromatic rings. The van der Waals surface area contributed by atoms with E-state index in [4.69, 9.17) is 11.6 Å². The number of carbonyl (C=O) groups excluding carboxylic acids is 1. The SMILES string of the molecule is CN(Cc1nccn1C(F)F)C(=O)c1ccc(F)cc1Cl. The molecule has 0 atom stereocenters. The van der Waals surface area contributed by atoms with Gasteiger partial charge in [-0.25, -0.2) is 9.37 Å². The highest BCUT2D eigenvalue weighted by Gasteiger charge is 2.19. The van der Waals surface area contributed by atoms with Crippen LogP contribution in [-0.2, 0) is 6.54 Å². The van der Waals surface area contributed by atoms with Gasteiger partial charge >= 0.3 is 6.55 Å². The highest BCUT2D eigenvalue weighted by molar-refractivity contribution is 6.33. The highest BCUT2D eigenvalue weighted by atomic mass is 35.5. The van der Waals surface area contributed by atoms with E-state index >= 15 is 0 Å². The second-order valence-corrected chi connectivity index (χ2v) is 4.72. The lowest BCUT2D eigenvalue weighted by Gasteiger charge is -2.18. The molecule has 0 aliphatic heterocycles. The standard InChI is InChI=1S/C13H11ClF3N3O/c1-19(7-11-18-4-5-20(11)13(16)17)12(21)9-3-2-8(15)6-10(9)14/h2-6,13H,7H2,1H3. The van der Waals surface area contributed by atoms with Crippen LogP contribution in [0.1, 0.15) is 22.7 Å². The van der Waals surface area contributed by atoms with Crippen LogP contribution in [0.4, 0.5) is 13.2 Å². The Kier molecular flexibility index (Phi) is 4.52. The molecule has 2 rings (SSSR count).